The average Bonchev–Trinajstić information content (AvgIpc) is 2.76. The highest BCUT2D eigenvalue weighted by Crippen LogP contribution is 2.12. The van der Waals surface area contributed by atoms with E-state index < -0.39 is 0 Å². The van der Waals surface area contributed by atoms with E-state index in [0.717, 1.165) is 24.4 Å². The molecule has 2 aromatic rings. The molecular weight excluding hydrogens is 226 g/mol. The number of nitrogens with one attached hydrogen (secondary N) is 1. The molecule has 0 unspecified atom stereocenters. The SMILES string of the molecule is Cc1ccc(C#N)c(NCCc2ccnn2C)n1. The van der Waals surface area contributed by atoms with Gasteiger partial charge in [-0.1, -0.05) is 0 Å². The third kappa shape index (κ3) is 2.66. The van der Waals surface area contributed by atoms with Gasteiger partial charge in [0.15, 0.2) is 0 Å². The lowest BCUT2D eigenvalue weighted by Crippen LogP contribution is -2.10. The van der Waals surface area contributed by atoms with Crippen molar-refractivity contribution in [2.75, 3.05) is 11.9 Å². The monoisotopic (exact) mass is 241 g/mol. The Hall–Kier alpha value is -2.35. The third-order valence-corrected chi connectivity index (χ3v) is 2.75. The van der Waals surface area contributed by atoms with Crippen LogP contribution in [0.2, 0.25) is 0 Å². The lowest BCUT2D eigenvalue weighted by atomic mass is 10.2. The van der Waals surface area contributed by atoms with Crippen LogP contribution < -0.4 is 5.32 Å². The second-order valence-corrected chi connectivity index (χ2v) is 4.08. The lowest BCUT2D eigenvalue weighted by Gasteiger charge is -2.08. The van der Waals surface area contributed by atoms with Crippen LogP contribution in [-0.4, -0.2) is 21.3 Å². The molecule has 0 amide bonds. The smallest absolute Gasteiger partial charge is 0.144 e. The highest BCUT2D eigenvalue weighted by atomic mass is 15.3. The largest absolute Gasteiger partial charge is 0.369 e. The van der Waals surface area contributed by atoms with E-state index in [2.05, 4.69) is 21.5 Å². The predicted octanol–water partition coefficient (Wildman–Crippen LogP) is 1.65. The maximum absolute atomic E-state index is 8.99. The molecule has 5 nitrogen and oxygen atoms in total. The van der Waals surface area contributed by atoms with E-state index in [-0.39, 0.29) is 0 Å². The van der Waals surface area contributed by atoms with Crippen molar-refractivity contribution in [1.82, 2.24) is 14.8 Å². The Bertz CT molecular complexity index is 579. The van der Waals surface area contributed by atoms with Gasteiger partial charge in [-0.3, -0.25) is 4.68 Å². The summed E-state index contributed by atoms with van der Waals surface area (Å²) in [5.41, 5.74) is 2.62. The van der Waals surface area contributed by atoms with Crippen LogP contribution in [0, 0.1) is 18.3 Å². The van der Waals surface area contributed by atoms with Crippen LogP contribution in [0.15, 0.2) is 24.4 Å². The van der Waals surface area contributed by atoms with Gasteiger partial charge in [-0.2, -0.15) is 10.4 Å². The zero-order chi connectivity index (χ0) is 13.0. The summed E-state index contributed by atoms with van der Waals surface area (Å²) in [6, 6.07) is 7.74. The molecule has 0 aliphatic heterocycles. The molecule has 0 saturated carbocycles. The minimum atomic E-state index is 0.575. The maximum Gasteiger partial charge on any atom is 0.144 e. The van der Waals surface area contributed by atoms with Crippen molar-refractivity contribution in [2.24, 2.45) is 7.05 Å². The van der Waals surface area contributed by atoms with Gasteiger partial charge in [-0.05, 0) is 25.1 Å². The van der Waals surface area contributed by atoms with Gasteiger partial charge in [-0.15, -0.1) is 0 Å². The van der Waals surface area contributed by atoms with Crippen molar-refractivity contribution in [3.8, 4) is 6.07 Å². The van der Waals surface area contributed by atoms with Gasteiger partial charge in [0.1, 0.15) is 11.9 Å². The van der Waals surface area contributed by atoms with Crippen molar-refractivity contribution in [3.05, 3.63) is 41.3 Å². The van der Waals surface area contributed by atoms with Crippen molar-refractivity contribution >= 4 is 5.82 Å². The number of anilines is 1. The minimum Gasteiger partial charge on any atom is -0.369 e. The molecule has 0 aromatic carbocycles. The van der Waals surface area contributed by atoms with Crippen molar-refractivity contribution < 1.29 is 0 Å². The maximum atomic E-state index is 8.99. The second-order valence-electron chi connectivity index (χ2n) is 4.08. The van der Waals surface area contributed by atoms with Crippen LogP contribution in [0.4, 0.5) is 5.82 Å². The summed E-state index contributed by atoms with van der Waals surface area (Å²) < 4.78 is 1.84. The van der Waals surface area contributed by atoms with Crippen molar-refractivity contribution in [3.63, 3.8) is 0 Å². The van der Waals surface area contributed by atoms with Crippen molar-refractivity contribution in [1.29, 1.82) is 5.26 Å². The fourth-order valence-corrected chi connectivity index (χ4v) is 1.74. The number of hydrogen-bond acceptors (Lipinski definition) is 4. The van der Waals surface area contributed by atoms with E-state index in [9.17, 15) is 0 Å². The first-order valence-corrected chi connectivity index (χ1v) is 5.79. The second kappa shape index (κ2) is 5.32. The fourth-order valence-electron chi connectivity index (χ4n) is 1.74. The van der Waals surface area contributed by atoms with Gasteiger partial charge < -0.3 is 5.32 Å². The molecule has 0 aliphatic rings. The van der Waals surface area contributed by atoms with Gasteiger partial charge >= 0.3 is 0 Å². The molecule has 1 N–H and O–H groups in total. The Morgan fingerprint density at radius 2 is 2.22 bits per heavy atom. The van der Waals surface area contributed by atoms with E-state index in [4.69, 9.17) is 5.26 Å². The summed E-state index contributed by atoms with van der Waals surface area (Å²) in [6.07, 6.45) is 2.62. The topological polar surface area (TPSA) is 66.5 Å². The highest BCUT2D eigenvalue weighted by Gasteiger charge is 2.04. The van der Waals surface area contributed by atoms with Gasteiger partial charge in [0.25, 0.3) is 0 Å². The number of pyridine rings is 1. The number of aromatic nitrogens is 3. The molecule has 5 heteroatoms. The molecule has 2 aromatic heterocycles. The number of nitriles is 1. The molecule has 0 saturated heterocycles. The Kier molecular flexibility index (Phi) is 3.58. The molecule has 0 bridgehead atoms. The number of hydrogen-bond donors (Lipinski definition) is 1. The Balaban J connectivity index is 2.00. The zero-order valence-electron chi connectivity index (χ0n) is 10.5. The molecular formula is C13H15N5. The highest BCUT2D eigenvalue weighted by molar-refractivity contribution is 5.52. The Morgan fingerprint density at radius 3 is 2.89 bits per heavy atom. The average molecular weight is 241 g/mol. The summed E-state index contributed by atoms with van der Waals surface area (Å²) >= 11 is 0. The molecule has 0 radical (unpaired) electrons. The van der Waals surface area contributed by atoms with E-state index in [0.29, 0.717) is 11.4 Å². The van der Waals surface area contributed by atoms with Gasteiger partial charge in [0.05, 0.1) is 5.56 Å². The standard InChI is InChI=1S/C13H15N5/c1-10-3-4-11(9-14)13(17-10)15-7-5-12-6-8-16-18(12)2/h3-4,6,8H,5,7H2,1-2H3,(H,15,17). The van der Waals surface area contributed by atoms with Crippen LogP contribution in [0.3, 0.4) is 0 Å². The van der Waals surface area contributed by atoms with E-state index >= 15 is 0 Å². The lowest BCUT2D eigenvalue weighted by molar-refractivity contribution is 0.711. The quantitative estimate of drug-likeness (QED) is 0.883. The first-order chi connectivity index (χ1) is 8.70. The van der Waals surface area contributed by atoms with Crippen LogP contribution in [0.25, 0.3) is 0 Å². The number of aryl methyl sites for hydroxylation is 2. The molecule has 0 spiro atoms. The Labute approximate surface area is 106 Å². The molecule has 0 atom stereocenters. The molecule has 18 heavy (non-hydrogen) atoms. The molecule has 0 fully saturated rings. The van der Waals surface area contributed by atoms with E-state index in [1.165, 1.54) is 0 Å². The van der Waals surface area contributed by atoms with Crippen molar-refractivity contribution in [2.45, 2.75) is 13.3 Å². The van der Waals surface area contributed by atoms with E-state index in [1.807, 2.05) is 30.8 Å². The van der Waals surface area contributed by atoms with Gasteiger partial charge in [0, 0.05) is 37.6 Å². The fraction of sp³-hybridized carbons (Fsp3) is 0.308. The molecule has 2 rings (SSSR count). The first-order valence-electron chi connectivity index (χ1n) is 5.79. The summed E-state index contributed by atoms with van der Waals surface area (Å²) in [5.74, 6) is 0.652. The summed E-state index contributed by atoms with van der Waals surface area (Å²) in [5, 5.41) is 16.3. The zero-order valence-corrected chi connectivity index (χ0v) is 10.5. The van der Waals surface area contributed by atoms with Gasteiger partial charge in [-0.25, -0.2) is 4.98 Å². The summed E-state index contributed by atoms with van der Waals surface area (Å²) in [6.45, 7) is 2.64. The third-order valence-electron chi connectivity index (χ3n) is 2.75. The summed E-state index contributed by atoms with van der Waals surface area (Å²) in [4.78, 5) is 4.33. The van der Waals surface area contributed by atoms with E-state index in [1.54, 1.807) is 12.3 Å². The predicted molar refractivity (Wildman–Crippen MR) is 69.1 cm³/mol. The minimum absolute atomic E-state index is 0.575. The number of rotatable bonds is 4. The first kappa shape index (κ1) is 12.1. The van der Waals surface area contributed by atoms with Crippen LogP contribution >= 0.6 is 0 Å². The Morgan fingerprint density at radius 1 is 1.39 bits per heavy atom. The summed E-state index contributed by atoms with van der Waals surface area (Å²) in [7, 11) is 1.92. The number of nitrogens with zero attached hydrogens (tertiary/aromatic N) is 4. The van der Waals surface area contributed by atoms with Crippen LogP contribution in [-0.2, 0) is 13.5 Å². The molecule has 0 aliphatic carbocycles. The molecule has 2 heterocycles. The molecule has 92 valence electrons. The normalized spacial score (nSPS) is 10.1. The van der Waals surface area contributed by atoms with Gasteiger partial charge in [0.2, 0.25) is 0 Å². The van der Waals surface area contributed by atoms with Crippen LogP contribution in [0.1, 0.15) is 17.0 Å². The van der Waals surface area contributed by atoms with Crippen LogP contribution in [0.5, 0.6) is 0 Å².